The van der Waals surface area contributed by atoms with E-state index in [4.69, 9.17) is 9.57 Å². The maximum absolute atomic E-state index is 13.1. The summed E-state index contributed by atoms with van der Waals surface area (Å²) < 4.78 is 5.98. The van der Waals surface area contributed by atoms with E-state index in [0.717, 1.165) is 11.1 Å². The Labute approximate surface area is 188 Å². The second-order valence-electron chi connectivity index (χ2n) is 7.12. The van der Waals surface area contributed by atoms with E-state index in [1.54, 1.807) is 25.3 Å². The van der Waals surface area contributed by atoms with Crippen LogP contribution in [0.3, 0.4) is 0 Å². The summed E-state index contributed by atoms with van der Waals surface area (Å²) in [6, 6.07) is 14.9. The number of amides is 2. The minimum absolute atomic E-state index is 0.100. The normalized spacial score (nSPS) is 16.1. The van der Waals surface area contributed by atoms with Gasteiger partial charge in [-0.1, -0.05) is 42.5 Å². The third-order valence-corrected chi connectivity index (χ3v) is 5.08. The number of hydrogen-bond donors (Lipinski definition) is 3. The number of carbonyl (C=O) groups excluding carboxylic acids is 2. The summed E-state index contributed by atoms with van der Waals surface area (Å²) in [4.78, 5) is 32.3. The highest BCUT2D eigenvalue weighted by atomic mass is 79.9. The predicted octanol–water partition coefficient (Wildman–Crippen LogP) is 2.83. The maximum atomic E-state index is 13.1. The molecule has 0 saturated carbocycles. The molecule has 0 spiro atoms. The topological polar surface area (TPSA) is 100 Å². The Hall–Kier alpha value is -3.04. The van der Waals surface area contributed by atoms with Gasteiger partial charge in [-0.05, 0) is 45.3 Å². The van der Waals surface area contributed by atoms with Gasteiger partial charge >= 0.3 is 6.09 Å². The molecular weight excluding hydrogens is 466 g/mol. The summed E-state index contributed by atoms with van der Waals surface area (Å²) in [5.74, 6) is -0.160. The highest BCUT2D eigenvalue weighted by Crippen LogP contribution is 2.15. The van der Waals surface area contributed by atoms with E-state index in [0.29, 0.717) is 11.2 Å². The Morgan fingerprint density at radius 1 is 1.19 bits per heavy atom. The summed E-state index contributed by atoms with van der Waals surface area (Å²) in [5.41, 5.74) is 4.31. The number of benzene rings is 2. The zero-order valence-corrected chi connectivity index (χ0v) is 18.5. The number of ether oxygens (including phenoxy) is 1. The van der Waals surface area contributed by atoms with Crippen LogP contribution in [0.4, 0.5) is 4.79 Å². The van der Waals surface area contributed by atoms with Gasteiger partial charge in [0.1, 0.15) is 29.1 Å². The molecule has 2 unspecified atom stereocenters. The number of nitrogens with zero attached hydrogens (tertiary/aromatic N) is 1. The van der Waals surface area contributed by atoms with Gasteiger partial charge in [-0.25, -0.2) is 4.79 Å². The molecule has 3 N–H and O–H groups in total. The summed E-state index contributed by atoms with van der Waals surface area (Å²) in [5, 5.41) is 12.2. The Bertz CT molecular complexity index is 921. The molecule has 8 nitrogen and oxygen atoms in total. The molecule has 0 aromatic heterocycles. The van der Waals surface area contributed by atoms with Crippen molar-refractivity contribution in [2.45, 2.75) is 25.2 Å². The molecule has 164 valence electrons. The monoisotopic (exact) mass is 489 g/mol. The standard InChI is InChI=1S/C22H24BrN3O5/c1-26(13-18-12-20(23)25-31-18)21(28)19(11-15-7-9-17(27)10-8-15)24-22(29)30-14-16-5-3-2-4-6-16/h2-10,12,18-19,25,27H,11,13-14H2,1H3,(H,24,29). The van der Waals surface area contributed by atoms with Crippen LogP contribution < -0.4 is 10.8 Å². The molecule has 9 heteroatoms. The van der Waals surface area contributed by atoms with Gasteiger partial charge in [-0.3, -0.25) is 15.1 Å². The predicted molar refractivity (Wildman–Crippen MR) is 118 cm³/mol. The van der Waals surface area contributed by atoms with Gasteiger partial charge in [0.05, 0.1) is 6.54 Å². The van der Waals surface area contributed by atoms with E-state index in [9.17, 15) is 14.7 Å². The number of likely N-dealkylation sites (N-methyl/N-ethyl adjacent to an activating group) is 1. The zero-order chi connectivity index (χ0) is 22.2. The van der Waals surface area contributed by atoms with Crippen LogP contribution in [0.5, 0.6) is 5.75 Å². The number of carbonyl (C=O) groups is 2. The molecule has 0 bridgehead atoms. The lowest BCUT2D eigenvalue weighted by atomic mass is 10.0. The summed E-state index contributed by atoms with van der Waals surface area (Å²) in [6.45, 7) is 0.400. The van der Waals surface area contributed by atoms with Gasteiger partial charge in [0.15, 0.2) is 0 Å². The Balaban J connectivity index is 1.65. The zero-order valence-electron chi connectivity index (χ0n) is 17.0. The van der Waals surface area contributed by atoms with Crippen LogP contribution in [0.25, 0.3) is 0 Å². The first-order chi connectivity index (χ1) is 14.9. The van der Waals surface area contributed by atoms with Crippen molar-refractivity contribution in [3.8, 4) is 5.75 Å². The van der Waals surface area contributed by atoms with E-state index >= 15 is 0 Å². The fraction of sp³-hybridized carbons (Fsp3) is 0.273. The second-order valence-corrected chi connectivity index (χ2v) is 7.98. The Morgan fingerprint density at radius 2 is 1.90 bits per heavy atom. The first kappa shape index (κ1) is 22.6. The number of alkyl carbamates (subject to hydrolysis) is 1. The quantitative estimate of drug-likeness (QED) is 0.493. The molecule has 2 atom stereocenters. The van der Waals surface area contributed by atoms with Crippen molar-refractivity contribution >= 4 is 27.9 Å². The molecule has 1 heterocycles. The minimum atomic E-state index is -0.848. The minimum Gasteiger partial charge on any atom is -0.508 e. The Morgan fingerprint density at radius 3 is 2.55 bits per heavy atom. The third kappa shape index (κ3) is 7.01. The van der Waals surface area contributed by atoms with Gasteiger partial charge < -0.3 is 20.1 Å². The van der Waals surface area contributed by atoms with Gasteiger partial charge in [-0.15, -0.1) is 0 Å². The second kappa shape index (κ2) is 10.8. The van der Waals surface area contributed by atoms with Crippen molar-refractivity contribution in [2.75, 3.05) is 13.6 Å². The number of hydroxylamine groups is 1. The highest BCUT2D eigenvalue weighted by molar-refractivity contribution is 9.11. The maximum Gasteiger partial charge on any atom is 0.408 e. The van der Waals surface area contributed by atoms with E-state index in [1.807, 2.05) is 30.3 Å². The summed E-state index contributed by atoms with van der Waals surface area (Å²) in [7, 11) is 1.65. The molecule has 0 radical (unpaired) electrons. The van der Waals surface area contributed by atoms with Crippen molar-refractivity contribution in [3.05, 3.63) is 76.4 Å². The lowest BCUT2D eigenvalue weighted by Gasteiger charge is -2.26. The van der Waals surface area contributed by atoms with Gasteiger partial charge in [0, 0.05) is 13.5 Å². The third-order valence-electron chi connectivity index (χ3n) is 4.65. The van der Waals surface area contributed by atoms with Crippen LogP contribution in [0.2, 0.25) is 0 Å². The van der Waals surface area contributed by atoms with Crippen LogP contribution in [-0.2, 0) is 27.4 Å². The molecule has 2 amide bonds. The number of phenols is 1. The highest BCUT2D eigenvalue weighted by Gasteiger charge is 2.27. The number of phenolic OH excluding ortho intramolecular Hbond substituents is 1. The molecule has 2 aromatic rings. The molecule has 0 aliphatic carbocycles. The van der Waals surface area contributed by atoms with Crippen LogP contribution in [0.1, 0.15) is 11.1 Å². The molecule has 3 rings (SSSR count). The number of hydrogen-bond acceptors (Lipinski definition) is 6. The van der Waals surface area contributed by atoms with Crippen LogP contribution in [0.15, 0.2) is 65.3 Å². The number of rotatable bonds is 8. The lowest BCUT2D eigenvalue weighted by Crippen LogP contribution is -2.50. The first-order valence-corrected chi connectivity index (χ1v) is 10.5. The van der Waals surface area contributed by atoms with Crippen LogP contribution in [-0.4, -0.2) is 47.7 Å². The Kier molecular flexibility index (Phi) is 7.91. The molecule has 1 aliphatic rings. The SMILES string of the molecule is CN(CC1C=C(Br)NO1)C(=O)C(Cc1ccc(O)cc1)NC(=O)OCc1ccccc1. The van der Waals surface area contributed by atoms with E-state index in [-0.39, 0.29) is 30.8 Å². The smallest absolute Gasteiger partial charge is 0.408 e. The fourth-order valence-electron chi connectivity index (χ4n) is 3.05. The molecule has 31 heavy (non-hydrogen) atoms. The first-order valence-electron chi connectivity index (χ1n) is 9.70. The number of aromatic hydroxyl groups is 1. The van der Waals surface area contributed by atoms with Crippen molar-refractivity contribution in [2.24, 2.45) is 0 Å². The van der Waals surface area contributed by atoms with Gasteiger partial charge in [0.25, 0.3) is 0 Å². The lowest BCUT2D eigenvalue weighted by molar-refractivity contribution is -0.133. The summed E-state index contributed by atoms with van der Waals surface area (Å²) in [6.07, 6.45) is 1.05. The van der Waals surface area contributed by atoms with Gasteiger partial charge in [-0.2, -0.15) is 0 Å². The summed E-state index contributed by atoms with van der Waals surface area (Å²) >= 11 is 3.28. The van der Waals surface area contributed by atoms with Crippen molar-refractivity contribution in [3.63, 3.8) is 0 Å². The average Bonchev–Trinajstić information content (AvgIpc) is 3.18. The van der Waals surface area contributed by atoms with Gasteiger partial charge in [0.2, 0.25) is 5.91 Å². The molecule has 2 aromatic carbocycles. The largest absolute Gasteiger partial charge is 0.508 e. The van der Waals surface area contributed by atoms with E-state index in [1.165, 1.54) is 17.0 Å². The fourth-order valence-corrected chi connectivity index (χ4v) is 3.44. The number of halogens is 1. The van der Waals surface area contributed by atoms with E-state index in [2.05, 4.69) is 26.7 Å². The van der Waals surface area contributed by atoms with Crippen LogP contribution in [0, 0.1) is 0 Å². The molecule has 1 aliphatic heterocycles. The molecule has 0 saturated heterocycles. The molecule has 0 fully saturated rings. The van der Waals surface area contributed by atoms with Crippen molar-refractivity contribution < 1.29 is 24.3 Å². The number of nitrogens with one attached hydrogen (secondary N) is 2. The molecular formula is C22H24BrN3O5. The van der Waals surface area contributed by atoms with Crippen LogP contribution >= 0.6 is 15.9 Å². The van der Waals surface area contributed by atoms with E-state index < -0.39 is 12.1 Å². The van der Waals surface area contributed by atoms with Crippen molar-refractivity contribution in [1.82, 2.24) is 15.7 Å². The average molecular weight is 490 g/mol. The van der Waals surface area contributed by atoms with Crippen molar-refractivity contribution in [1.29, 1.82) is 0 Å².